The largest absolute Gasteiger partial charge is 0.368 e. The van der Waals surface area contributed by atoms with Gasteiger partial charge >= 0.3 is 0 Å². The van der Waals surface area contributed by atoms with Crippen molar-refractivity contribution in [3.8, 4) is 11.4 Å². The van der Waals surface area contributed by atoms with Crippen molar-refractivity contribution in [2.24, 2.45) is 10.7 Å². The summed E-state index contributed by atoms with van der Waals surface area (Å²) in [4.78, 5) is 9.99. The lowest BCUT2D eigenvalue weighted by Crippen LogP contribution is -2.23. The molecule has 108 valence electrons. The number of benzene rings is 2. The average Bonchev–Trinajstić information content (AvgIpc) is 2.88. The molecular formula is C15H10ClN5S. The molecule has 0 radical (unpaired) electrons. The van der Waals surface area contributed by atoms with Crippen LogP contribution in [0.15, 0.2) is 63.6 Å². The molecule has 0 aliphatic carbocycles. The molecule has 2 aromatic carbocycles. The van der Waals surface area contributed by atoms with Crippen LogP contribution in [0.4, 0.5) is 5.69 Å². The molecule has 0 saturated carbocycles. The Morgan fingerprint density at radius 3 is 2.64 bits per heavy atom. The summed E-state index contributed by atoms with van der Waals surface area (Å²) in [5, 5.41) is 5.83. The number of aliphatic imine (C=N–C) groups is 1. The van der Waals surface area contributed by atoms with Gasteiger partial charge in [-0.2, -0.15) is 4.68 Å². The van der Waals surface area contributed by atoms with Crippen LogP contribution in [0.5, 0.6) is 0 Å². The van der Waals surface area contributed by atoms with Gasteiger partial charge in [0.05, 0.1) is 5.69 Å². The molecule has 0 amide bonds. The highest BCUT2D eigenvalue weighted by Gasteiger charge is 2.19. The Morgan fingerprint density at radius 1 is 1.05 bits per heavy atom. The van der Waals surface area contributed by atoms with Gasteiger partial charge in [-0.25, -0.2) is 9.98 Å². The Labute approximate surface area is 135 Å². The van der Waals surface area contributed by atoms with E-state index in [-0.39, 0.29) is 0 Å². The topological polar surface area (TPSA) is 69.1 Å². The normalized spacial score (nSPS) is 13.0. The number of nitrogens with two attached hydrogens (primary N) is 1. The summed E-state index contributed by atoms with van der Waals surface area (Å²) >= 11 is 7.41. The first-order valence-corrected chi connectivity index (χ1v) is 7.74. The summed E-state index contributed by atoms with van der Waals surface area (Å²) in [5.41, 5.74) is 7.76. The zero-order valence-electron chi connectivity index (χ0n) is 11.3. The maximum absolute atomic E-state index is 6.05. The molecule has 1 aliphatic heterocycles. The van der Waals surface area contributed by atoms with Gasteiger partial charge in [0.1, 0.15) is 0 Å². The maximum Gasteiger partial charge on any atom is 0.224 e. The van der Waals surface area contributed by atoms with Crippen molar-refractivity contribution in [3.05, 3.63) is 53.6 Å². The Morgan fingerprint density at radius 2 is 1.82 bits per heavy atom. The van der Waals surface area contributed by atoms with Crippen molar-refractivity contribution < 1.29 is 0 Å². The summed E-state index contributed by atoms with van der Waals surface area (Å²) in [6, 6.07) is 15.2. The second-order valence-corrected chi connectivity index (χ2v) is 6.12. The molecule has 4 rings (SSSR count). The van der Waals surface area contributed by atoms with Crippen LogP contribution in [-0.4, -0.2) is 20.7 Å². The van der Waals surface area contributed by atoms with E-state index in [2.05, 4.69) is 15.1 Å². The van der Waals surface area contributed by atoms with Crippen LogP contribution in [0, 0.1) is 0 Å². The molecule has 0 unspecified atom stereocenters. The standard InChI is InChI=1S/C15H10ClN5S/c16-10-7-5-9(6-8-10)13-19-15-21(20-13)14(17)18-11-3-1-2-4-12(11)22-15/h1-8H,(H2,17,18). The molecule has 2 N–H and O–H groups in total. The summed E-state index contributed by atoms with van der Waals surface area (Å²) in [7, 11) is 0. The van der Waals surface area contributed by atoms with Crippen molar-refractivity contribution in [2.75, 3.05) is 0 Å². The Bertz CT molecular complexity index is 885. The van der Waals surface area contributed by atoms with E-state index in [1.807, 2.05) is 48.5 Å². The van der Waals surface area contributed by atoms with E-state index in [0.717, 1.165) is 16.1 Å². The highest BCUT2D eigenvalue weighted by atomic mass is 35.5. The maximum atomic E-state index is 6.05. The fraction of sp³-hybridized carbons (Fsp3) is 0. The third-order valence-electron chi connectivity index (χ3n) is 3.20. The minimum atomic E-state index is 0.306. The Kier molecular flexibility index (Phi) is 3.13. The number of hydrogen-bond acceptors (Lipinski definition) is 5. The van der Waals surface area contributed by atoms with E-state index in [9.17, 15) is 0 Å². The summed E-state index contributed by atoms with van der Waals surface area (Å²) in [5.74, 6) is 0.900. The highest BCUT2D eigenvalue weighted by Crippen LogP contribution is 2.37. The van der Waals surface area contributed by atoms with Gasteiger partial charge in [-0.1, -0.05) is 23.7 Å². The fourth-order valence-corrected chi connectivity index (χ4v) is 3.18. The second-order valence-electron chi connectivity index (χ2n) is 4.68. The van der Waals surface area contributed by atoms with Crippen molar-refractivity contribution in [1.29, 1.82) is 0 Å². The number of fused-ring (bicyclic) bond motifs is 2. The minimum Gasteiger partial charge on any atom is -0.368 e. The number of halogens is 1. The van der Waals surface area contributed by atoms with Crippen LogP contribution in [0.3, 0.4) is 0 Å². The van der Waals surface area contributed by atoms with Crippen molar-refractivity contribution >= 4 is 35.0 Å². The number of nitrogens with zero attached hydrogens (tertiary/aromatic N) is 4. The van der Waals surface area contributed by atoms with E-state index < -0.39 is 0 Å². The second kappa shape index (κ2) is 5.15. The average molecular weight is 328 g/mol. The van der Waals surface area contributed by atoms with Gasteiger partial charge < -0.3 is 5.73 Å². The van der Waals surface area contributed by atoms with Gasteiger partial charge in [0.2, 0.25) is 5.96 Å². The first-order chi connectivity index (χ1) is 10.7. The molecule has 0 spiro atoms. The van der Waals surface area contributed by atoms with Gasteiger partial charge in [-0.3, -0.25) is 0 Å². The molecular weight excluding hydrogens is 318 g/mol. The highest BCUT2D eigenvalue weighted by molar-refractivity contribution is 7.99. The minimum absolute atomic E-state index is 0.306. The van der Waals surface area contributed by atoms with Crippen LogP contribution in [-0.2, 0) is 0 Å². The molecule has 0 bridgehead atoms. The summed E-state index contributed by atoms with van der Waals surface area (Å²) in [6.45, 7) is 0. The molecule has 3 aromatic rings. The van der Waals surface area contributed by atoms with Gasteiger partial charge in [0, 0.05) is 15.5 Å². The van der Waals surface area contributed by atoms with Crippen molar-refractivity contribution in [1.82, 2.24) is 14.8 Å². The molecule has 0 fully saturated rings. The Balaban J connectivity index is 1.82. The lowest BCUT2D eigenvalue weighted by atomic mass is 10.2. The van der Waals surface area contributed by atoms with Gasteiger partial charge in [-0.05, 0) is 48.2 Å². The van der Waals surface area contributed by atoms with Crippen LogP contribution in [0.25, 0.3) is 11.4 Å². The molecule has 7 heteroatoms. The molecule has 5 nitrogen and oxygen atoms in total. The number of rotatable bonds is 1. The van der Waals surface area contributed by atoms with Crippen molar-refractivity contribution in [3.63, 3.8) is 0 Å². The molecule has 1 aliphatic rings. The van der Waals surface area contributed by atoms with Gasteiger partial charge in [0.15, 0.2) is 11.0 Å². The summed E-state index contributed by atoms with van der Waals surface area (Å²) in [6.07, 6.45) is 0. The molecule has 1 aromatic heterocycles. The quantitative estimate of drug-likeness (QED) is 0.742. The lowest BCUT2D eigenvalue weighted by Gasteiger charge is -1.99. The van der Waals surface area contributed by atoms with Crippen LogP contribution in [0.1, 0.15) is 0 Å². The number of aromatic nitrogens is 3. The van der Waals surface area contributed by atoms with E-state index in [0.29, 0.717) is 22.0 Å². The molecule has 0 atom stereocenters. The van der Waals surface area contributed by atoms with E-state index >= 15 is 0 Å². The van der Waals surface area contributed by atoms with Gasteiger partial charge in [0.25, 0.3) is 0 Å². The van der Waals surface area contributed by atoms with E-state index in [1.165, 1.54) is 11.8 Å². The molecule has 2 heterocycles. The van der Waals surface area contributed by atoms with E-state index in [1.54, 1.807) is 4.68 Å². The summed E-state index contributed by atoms with van der Waals surface area (Å²) < 4.78 is 1.56. The predicted molar refractivity (Wildman–Crippen MR) is 87.7 cm³/mol. The molecule has 0 saturated heterocycles. The third-order valence-corrected chi connectivity index (χ3v) is 4.46. The smallest absolute Gasteiger partial charge is 0.224 e. The Hall–Kier alpha value is -2.31. The fourth-order valence-electron chi connectivity index (χ4n) is 2.14. The SMILES string of the molecule is NC1=Nc2ccccc2Sc2nc(-c3ccc(Cl)cc3)nn21. The zero-order chi connectivity index (χ0) is 15.1. The number of para-hydroxylation sites is 1. The first-order valence-electron chi connectivity index (χ1n) is 6.55. The monoisotopic (exact) mass is 327 g/mol. The van der Waals surface area contributed by atoms with Gasteiger partial charge in [-0.15, -0.1) is 5.10 Å². The van der Waals surface area contributed by atoms with Crippen LogP contribution in [0.2, 0.25) is 5.02 Å². The lowest BCUT2D eigenvalue weighted by molar-refractivity contribution is 0.827. The van der Waals surface area contributed by atoms with Crippen LogP contribution >= 0.6 is 23.4 Å². The van der Waals surface area contributed by atoms with Crippen LogP contribution < -0.4 is 5.73 Å². The zero-order valence-corrected chi connectivity index (χ0v) is 12.8. The van der Waals surface area contributed by atoms with Crippen molar-refractivity contribution in [2.45, 2.75) is 10.1 Å². The number of hydrogen-bond donors (Lipinski definition) is 1. The van der Waals surface area contributed by atoms with E-state index in [4.69, 9.17) is 17.3 Å². The third kappa shape index (κ3) is 2.26. The predicted octanol–water partition coefficient (Wildman–Crippen LogP) is 3.56. The first kappa shape index (κ1) is 13.4. The molecule has 22 heavy (non-hydrogen) atoms.